The number of likely N-dealkylation sites (N-methyl/N-ethyl adjacent to an activating group) is 1. The Kier molecular flexibility index (Phi) is 7.45. The first-order valence-corrected chi connectivity index (χ1v) is 9.47. The molecule has 0 radical (unpaired) electrons. The number of hydrogen-bond donors (Lipinski definition) is 1. The summed E-state index contributed by atoms with van der Waals surface area (Å²) in [5.41, 5.74) is 0.793. The maximum Gasteiger partial charge on any atom is 0.270 e. The number of nitro groups is 1. The molecule has 2 aromatic carbocycles. The highest BCUT2D eigenvalue weighted by atomic mass is 79.9. The zero-order valence-corrected chi connectivity index (χ0v) is 17.1. The molecule has 0 bridgehead atoms. The summed E-state index contributed by atoms with van der Waals surface area (Å²) in [7, 11) is 0. The fourth-order valence-electron chi connectivity index (χ4n) is 2.52. The molecule has 0 unspecified atom stereocenters. The Morgan fingerprint density at radius 1 is 1.14 bits per heavy atom. The van der Waals surface area contributed by atoms with Gasteiger partial charge in [0.1, 0.15) is 5.70 Å². The van der Waals surface area contributed by atoms with Crippen LogP contribution in [0, 0.1) is 10.1 Å². The monoisotopic (exact) mass is 445 g/mol. The minimum Gasteiger partial charge on any atom is -0.338 e. The Morgan fingerprint density at radius 3 is 2.36 bits per heavy atom. The molecule has 2 aromatic rings. The highest BCUT2D eigenvalue weighted by Crippen LogP contribution is 2.17. The van der Waals surface area contributed by atoms with Crippen LogP contribution in [-0.4, -0.2) is 34.7 Å². The number of hydrogen-bond acceptors (Lipinski definition) is 4. The summed E-state index contributed by atoms with van der Waals surface area (Å²) < 4.78 is 0.829. The van der Waals surface area contributed by atoms with Crippen molar-refractivity contribution in [3.05, 3.63) is 79.9 Å². The van der Waals surface area contributed by atoms with E-state index in [1.54, 1.807) is 35.2 Å². The van der Waals surface area contributed by atoms with E-state index in [2.05, 4.69) is 21.2 Å². The van der Waals surface area contributed by atoms with Crippen molar-refractivity contribution in [2.75, 3.05) is 13.1 Å². The Morgan fingerprint density at radius 2 is 1.79 bits per heavy atom. The van der Waals surface area contributed by atoms with Crippen molar-refractivity contribution in [3.8, 4) is 0 Å². The van der Waals surface area contributed by atoms with Crippen molar-refractivity contribution in [3.63, 3.8) is 0 Å². The van der Waals surface area contributed by atoms with Gasteiger partial charge in [-0.15, -0.1) is 0 Å². The van der Waals surface area contributed by atoms with Gasteiger partial charge in [0.2, 0.25) is 0 Å². The van der Waals surface area contributed by atoms with Gasteiger partial charge in [0.25, 0.3) is 17.5 Å². The van der Waals surface area contributed by atoms with Crippen LogP contribution in [0.3, 0.4) is 0 Å². The van der Waals surface area contributed by atoms with E-state index >= 15 is 0 Å². The molecule has 0 aromatic heterocycles. The first-order chi connectivity index (χ1) is 13.3. The Hall–Kier alpha value is -3.00. The van der Waals surface area contributed by atoms with Crippen LogP contribution >= 0.6 is 15.9 Å². The molecule has 0 fully saturated rings. The van der Waals surface area contributed by atoms with Crippen molar-refractivity contribution in [2.45, 2.75) is 13.8 Å². The summed E-state index contributed by atoms with van der Waals surface area (Å²) in [4.78, 5) is 37.5. The van der Waals surface area contributed by atoms with Crippen LogP contribution in [0.5, 0.6) is 0 Å². The second-order valence-corrected chi connectivity index (χ2v) is 6.76. The normalized spacial score (nSPS) is 11.0. The van der Waals surface area contributed by atoms with Crippen LogP contribution in [0.4, 0.5) is 5.69 Å². The van der Waals surface area contributed by atoms with Crippen molar-refractivity contribution < 1.29 is 14.5 Å². The lowest BCUT2D eigenvalue weighted by atomic mass is 10.1. The van der Waals surface area contributed by atoms with Gasteiger partial charge >= 0.3 is 0 Å². The second-order valence-electron chi connectivity index (χ2n) is 5.85. The predicted molar refractivity (Wildman–Crippen MR) is 111 cm³/mol. The average Bonchev–Trinajstić information content (AvgIpc) is 2.69. The summed E-state index contributed by atoms with van der Waals surface area (Å²) in [5.74, 6) is -0.799. The maximum atomic E-state index is 12.9. The molecule has 28 heavy (non-hydrogen) atoms. The number of benzene rings is 2. The number of nitro benzene ring substituents is 1. The Balaban J connectivity index is 2.40. The standard InChI is InChI=1S/C20H20BrN3O4/c1-3-23(4-2)20(26)18(13-14-6-5-7-17(12-14)24(27)28)22-19(25)15-8-10-16(21)11-9-15/h5-13H,3-4H2,1-2H3,(H,22,25). The number of nitrogens with zero attached hydrogens (tertiary/aromatic N) is 2. The third-order valence-electron chi connectivity index (χ3n) is 4.03. The van der Waals surface area contributed by atoms with Gasteiger partial charge in [0.05, 0.1) is 4.92 Å². The molecule has 1 N–H and O–H groups in total. The van der Waals surface area contributed by atoms with E-state index in [0.717, 1.165) is 4.47 Å². The van der Waals surface area contributed by atoms with Gasteiger partial charge in [-0.2, -0.15) is 0 Å². The molecule has 0 saturated heterocycles. The zero-order chi connectivity index (χ0) is 20.7. The molecule has 2 rings (SSSR count). The van der Waals surface area contributed by atoms with E-state index in [1.165, 1.54) is 24.3 Å². The fraction of sp³-hybridized carbons (Fsp3) is 0.200. The lowest BCUT2D eigenvalue weighted by molar-refractivity contribution is -0.384. The molecule has 0 atom stereocenters. The topological polar surface area (TPSA) is 92.6 Å². The van der Waals surface area contributed by atoms with Crippen molar-refractivity contribution in [2.24, 2.45) is 0 Å². The van der Waals surface area contributed by atoms with Crippen LogP contribution in [0.15, 0.2) is 58.7 Å². The molecule has 0 aliphatic carbocycles. The molecule has 0 spiro atoms. The molecule has 0 aliphatic heterocycles. The average molecular weight is 446 g/mol. The smallest absolute Gasteiger partial charge is 0.270 e. The maximum absolute atomic E-state index is 12.9. The number of rotatable bonds is 7. The quantitative estimate of drug-likeness (QED) is 0.396. The molecule has 2 amide bonds. The van der Waals surface area contributed by atoms with E-state index < -0.39 is 10.8 Å². The molecular formula is C20H20BrN3O4. The van der Waals surface area contributed by atoms with Crippen LogP contribution in [0.2, 0.25) is 0 Å². The first kappa shape index (κ1) is 21.3. The van der Waals surface area contributed by atoms with Crippen molar-refractivity contribution in [1.29, 1.82) is 0 Å². The third-order valence-corrected chi connectivity index (χ3v) is 4.56. The van der Waals surface area contributed by atoms with Crippen LogP contribution in [0.25, 0.3) is 6.08 Å². The van der Waals surface area contributed by atoms with E-state index in [-0.39, 0.29) is 17.3 Å². The van der Waals surface area contributed by atoms with E-state index in [0.29, 0.717) is 24.2 Å². The van der Waals surface area contributed by atoms with Crippen LogP contribution in [-0.2, 0) is 4.79 Å². The van der Waals surface area contributed by atoms with Gasteiger partial charge in [-0.3, -0.25) is 19.7 Å². The number of nitrogens with one attached hydrogen (secondary N) is 1. The molecule has 8 heteroatoms. The van der Waals surface area contributed by atoms with Crippen LogP contribution < -0.4 is 5.32 Å². The molecule has 0 saturated carbocycles. The van der Waals surface area contributed by atoms with Gasteiger partial charge in [-0.25, -0.2) is 0 Å². The molecule has 146 valence electrons. The third kappa shape index (κ3) is 5.50. The summed E-state index contributed by atoms with van der Waals surface area (Å²) in [6.07, 6.45) is 1.45. The highest BCUT2D eigenvalue weighted by molar-refractivity contribution is 9.10. The van der Waals surface area contributed by atoms with E-state index in [1.807, 2.05) is 13.8 Å². The van der Waals surface area contributed by atoms with E-state index in [4.69, 9.17) is 0 Å². The van der Waals surface area contributed by atoms with Gasteiger partial charge in [0, 0.05) is 35.3 Å². The number of carbonyl (C=O) groups excluding carboxylic acids is 2. The van der Waals surface area contributed by atoms with Crippen LogP contribution in [0.1, 0.15) is 29.8 Å². The van der Waals surface area contributed by atoms with Gasteiger partial charge in [-0.1, -0.05) is 28.1 Å². The first-order valence-electron chi connectivity index (χ1n) is 8.68. The number of halogens is 1. The summed E-state index contributed by atoms with van der Waals surface area (Å²) in [6.45, 7) is 4.61. The molecule has 0 aliphatic rings. The van der Waals surface area contributed by atoms with Gasteiger partial charge < -0.3 is 10.2 Å². The lowest BCUT2D eigenvalue weighted by Gasteiger charge is -2.21. The van der Waals surface area contributed by atoms with Gasteiger partial charge in [0.15, 0.2) is 0 Å². The molecule has 0 heterocycles. The Bertz CT molecular complexity index is 906. The number of non-ortho nitro benzene ring substituents is 1. The zero-order valence-electron chi connectivity index (χ0n) is 15.5. The summed E-state index contributed by atoms with van der Waals surface area (Å²) in [5, 5.41) is 13.6. The largest absolute Gasteiger partial charge is 0.338 e. The minimum absolute atomic E-state index is 0.0529. The molecular weight excluding hydrogens is 426 g/mol. The van der Waals surface area contributed by atoms with E-state index in [9.17, 15) is 19.7 Å². The Labute approximate surface area is 171 Å². The highest BCUT2D eigenvalue weighted by Gasteiger charge is 2.19. The predicted octanol–water partition coefficient (Wildman–Crippen LogP) is 4.00. The van der Waals surface area contributed by atoms with Crippen molar-refractivity contribution in [1.82, 2.24) is 10.2 Å². The minimum atomic E-state index is -0.510. The summed E-state index contributed by atoms with van der Waals surface area (Å²) in [6, 6.07) is 12.6. The van der Waals surface area contributed by atoms with Gasteiger partial charge in [-0.05, 0) is 49.8 Å². The molecule has 7 nitrogen and oxygen atoms in total. The number of amides is 2. The summed E-state index contributed by atoms with van der Waals surface area (Å²) >= 11 is 3.31. The number of carbonyl (C=O) groups is 2. The fourth-order valence-corrected chi connectivity index (χ4v) is 2.79. The van der Waals surface area contributed by atoms with Crippen molar-refractivity contribution >= 4 is 39.5 Å². The SMILES string of the molecule is CCN(CC)C(=O)C(=Cc1cccc([N+](=O)[O-])c1)NC(=O)c1ccc(Br)cc1. The second kappa shape index (κ2) is 9.80. The lowest BCUT2D eigenvalue weighted by Crippen LogP contribution is -2.38.